The van der Waals surface area contributed by atoms with Gasteiger partial charge in [-0.3, -0.25) is 10.1 Å². The zero-order valence-electron chi connectivity index (χ0n) is 9.43. The first-order chi connectivity index (χ1) is 7.52. The smallest absolute Gasteiger partial charge is 0.271 e. The lowest BCUT2D eigenvalue weighted by Gasteiger charge is -2.14. The monoisotopic (exact) mass is 224 g/mol. The molecule has 0 aliphatic rings. The van der Waals surface area contributed by atoms with Gasteiger partial charge in [0.15, 0.2) is 0 Å². The Labute approximate surface area is 94.3 Å². The van der Waals surface area contributed by atoms with Gasteiger partial charge in [-0.25, -0.2) is 0 Å². The number of aryl methyl sites for hydroxylation is 1. The number of rotatable bonds is 5. The van der Waals surface area contributed by atoms with Crippen LogP contribution in [0.15, 0.2) is 18.2 Å². The second-order valence-corrected chi connectivity index (χ2v) is 3.87. The molecule has 0 amide bonds. The van der Waals surface area contributed by atoms with Crippen LogP contribution in [0, 0.1) is 17.0 Å². The molecule has 0 aromatic heterocycles. The van der Waals surface area contributed by atoms with Gasteiger partial charge in [0.2, 0.25) is 0 Å². The van der Waals surface area contributed by atoms with Crippen LogP contribution in [0.1, 0.15) is 18.9 Å². The third-order valence-electron chi connectivity index (χ3n) is 2.25. The van der Waals surface area contributed by atoms with E-state index in [-0.39, 0.29) is 18.3 Å². The fraction of sp³-hybridized carbons (Fsp3) is 0.455. The number of hydrogen-bond acceptors (Lipinski definition) is 4. The Hall–Kier alpha value is -1.62. The third-order valence-corrected chi connectivity index (χ3v) is 2.25. The van der Waals surface area contributed by atoms with Crippen LogP contribution < -0.4 is 5.32 Å². The number of benzene rings is 1. The highest BCUT2D eigenvalue weighted by Gasteiger charge is 2.09. The summed E-state index contributed by atoms with van der Waals surface area (Å²) in [6.07, 6.45) is 0.613. The van der Waals surface area contributed by atoms with Crippen LogP contribution in [0.2, 0.25) is 0 Å². The zero-order valence-corrected chi connectivity index (χ0v) is 9.43. The minimum absolute atomic E-state index is 0.0821. The predicted molar refractivity (Wildman–Crippen MR) is 62.6 cm³/mol. The summed E-state index contributed by atoms with van der Waals surface area (Å²) in [6, 6.07) is 4.97. The summed E-state index contributed by atoms with van der Waals surface area (Å²) in [5, 5.41) is 22.5. The van der Waals surface area contributed by atoms with Crippen LogP contribution in [0.3, 0.4) is 0 Å². The molecule has 1 rings (SSSR count). The highest BCUT2D eigenvalue weighted by Crippen LogP contribution is 2.21. The van der Waals surface area contributed by atoms with Gasteiger partial charge in [0, 0.05) is 30.5 Å². The van der Waals surface area contributed by atoms with Crippen molar-refractivity contribution in [1.29, 1.82) is 0 Å². The van der Waals surface area contributed by atoms with Crippen LogP contribution in [-0.2, 0) is 0 Å². The summed E-state index contributed by atoms with van der Waals surface area (Å²) in [4.78, 5) is 10.2. The zero-order chi connectivity index (χ0) is 12.1. The van der Waals surface area contributed by atoms with E-state index in [0.29, 0.717) is 12.1 Å². The Bertz CT molecular complexity index is 379. The van der Waals surface area contributed by atoms with Gasteiger partial charge in [-0.2, -0.15) is 0 Å². The van der Waals surface area contributed by atoms with Gasteiger partial charge in [0.05, 0.1) is 4.92 Å². The molecule has 1 atom stereocenters. The Balaban J connectivity index is 2.84. The first kappa shape index (κ1) is 12.4. The molecule has 88 valence electrons. The molecule has 0 fully saturated rings. The van der Waals surface area contributed by atoms with Crippen LogP contribution in [0.25, 0.3) is 0 Å². The van der Waals surface area contributed by atoms with Crippen molar-refractivity contribution >= 4 is 11.4 Å². The van der Waals surface area contributed by atoms with Gasteiger partial charge in [-0.1, -0.05) is 0 Å². The van der Waals surface area contributed by atoms with E-state index in [0.717, 1.165) is 5.56 Å². The molecular formula is C11H16N2O3. The van der Waals surface area contributed by atoms with Gasteiger partial charge >= 0.3 is 0 Å². The maximum absolute atomic E-state index is 10.7. The van der Waals surface area contributed by atoms with E-state index < -0.39 is 4.92 Å². The van der Waals surface area contributed by atoms with Gasteiger partial charge in [0.1, 0.15) is 0 Å². The molecular weight excluding hydrogens is 208 g/mol. The summed E-state index contributed by atoms with van der Waals surface area (Å²) in [7, 11) is 0. The maximum atomic E-state index is 10.7. The second kappa shape index (κ2) is 5.46. The second-order valence-electron chi connectivity index (χ2n) is 3.87. The average Bonchev–Trinajstić information content (AvgIpc) is 2.16. The van der Waals surface area contributed by atoms with Crippen molar-refractivity contribution < 1.29 is 10.0 Å². The highest BCUT2D eigenvalue weighted by molar-refractivity contribution is 5.54. The minimum atomic E-state index is -0.408. The Morgan fingerprint density at radius 2 is 2.19 bits per heavy atom. The maximum Gasteiger partial charge on any atom is 0.271 e. The molecule has 0 saturated carbocycles. The number of nitrogens with zero attached hydrogens (tertiary/aromatic N) is 1. The fourth-order valence-electron chi connectivity index (χ4n) is 1.50. The molecule has 0 saturated heterocycles. The number of aliphatic hydroxyl groups excluding tert-OH is 1. The van der Waals surface area contributed by atoms with Crippen LogP contribution >= 0.6 is 0 Å². The lowest BCUT2D eigenvalue weighted by molar-refractivity contribution is -0.384. The van der Waals surface area contributed by atoms with E-state index >= 15 is 0 Å². The normalized spacial score (nSPS) is 12.2. The Morgan fingerprint density at radius 3 is 2.75 bits per heavy atom. The van der Waals surface area contributed by atoms with Crippen molar-refractivity contribution in [3.63, 3.8) is 0 Å². The number of hydrogen-bond donors (Lipinski definition) is 2. The molecule has 0 bridgehead atoms. The molecule has 0 aliphatic carbocycles. The molecule has 1 aromatic rings. The molecule has 1 unspecified atom stereocenters. The number of non-ortho nitro benzene ring substituents is 1. The molecule has 0 spiro atoms. The van der Waals surface area contributed by atoms with E-state index in [1.165, 1.54) is 12.1 Å². The molecule has 0 aliphatic heterocycles. The van der Waals surface area contributed by atoms with Crippen molar-refractivity contribution in [1.82, 2.24) is 0 Å². The number of nitro benzene ring substituents is 1. The number of nitrogens with one attached hydrogen (secondary N) is 1. The van der Waals surface area contributed by atoms with Crippen molar-refractivity contribution in [2.45, 2.75) is 26.3 Å². The SMILES string of the molecule is Cc1cc(NC(C)CCO)cc([N+](=O)[O-])c1. The Morgan fingerprint density at radius 1 is 1.50 bits per heavy atom. The minimum Gasteiger partial charge on any atom is -0.396 e. The lowest BCUT2D eigenvalue weighted by Crippen LogP contribution is -2.16. The van der Waals surface area contributed by atoms with Crippen molar-refractivity contribution in [3.05, 3.63) is 33.9 Å². The highest BCUT2D eigenvalue weighted by atomic mass is 16.6. The standard InChI is InChI=1S/C11H16N2O3/c1-8-5-10(12-9(2)3-4-14)7-11(6-8)13(15)16/h5-7,9,12,14H,3-4H2,1-2H3. The van der Waals surface area contributed by atoms with Crippen LogP contribution in [0.5, 0.6) is 0 Å². The average molecular weight is 224 g/mol. The van der Waals surface area contributed by atoms with E-state index in [4.69, 9.17) is 5.11 Å². The molecule has 5 heteroatoms. The fourth-order valence-corrected chi connectivity index (χ4v) is 1.50. The van der Waals surface area contributed by atoms with Crippen molar-refractivity contribution in [2.75, 3.05) is 11.9 Å². The molecule has 2 N–H and O–H groups in total. The van der Waals surface area contributed by atoms with Gasteiger partial charge in [0.25, 0.3) is 5.69 Å². The quantitative estimate of drug-likeness (QED) is 0.593. The molecule has 0 heterocycles. The third kappa shape index (κ3) is 3.51. The summed E-state index contributed by atoms with van der Waals surface area (Å²) in [6.45, 7) is 3.83. The van der Waals surface area contributed by atoms with Crippen molar-refractivity contribution in [3.8, 4) is 0 Å². The Kier molecular flexibility index (Phi) is 4.25. The van der Waals surface area contributed by atoms with Gasteiger partial charge in [-0.05, 0) is 31.9 Å². The lowest BCUT2D eigenvalue weighted by atomic mass is 10.1. The summed E-state index contributed by atoms with van der Waals surface area (Å²) in [5.74, 6) is 0. The van der Waals surface area contributed by atoms with E-state index in [1.807, 2.05) is 19.9 Å². The van der Waals surface area contributed by atoms with E-state index in [2.05, 4.69) is 5.32 Å². The predicted octanol–water partition coefficient (Wildman–Crippen LogP) is 2.09. The number of nitro groups is 1. The van der Waals surface area contributed by atoms with Gasteiger partial charge in [-0.15, -0.1) is 0 Å². The topological polar surface area (TPSA) is 75.4 Å². The summed E-state index contributed by atoms with van der Waals surface area (Å²) >= 11 is 0. The molecule has 0 radical (unpaired) electrons. The van der Waals surface area contributed by atoms with E-state index in [9.17, 15) is 10.1 Å². The number of anilines is 1. The molecule has 16 heavy (non-hydrogen) atoms. The van der Waals surface area contributed by atoms with Crippen molar-refractivity contribution in [2.24, 2.45) is 0 Å². The number of aliphatic hydroxyl groups is 1. The first-order valence-corrected chi connectivity index (χ1v) is 5.16. The molecule has 5 nitrogen and oxygen atoms in total. The van der Waals surface area contributed by atoms with Gasteiger partial charge < -0.3 is 10.4 Å². The summed E-state index contributed by atoms with van der Waals surface area (Å²) < 4.78 is 0. The van der Waals surface area contributed by atoms with Crippen LogP contribution in [0.4, 0.5) is 11.4 Å². The summed E-state index contributed by atoms with van der Waals surface area (Å²) in [5.41, 5.74) is 1.64. The first-order valence-electron chi connectivity index (χ1n) is 5.16. The molecule has 1 aromatic carbocycles. The largest absolute Gasteiger partial charge is 0.396 e. The van der Waals surface area contributed by atoms with Crippen LogP contribution in [-0.4, -0.2) is 22.7 Å². The van der Waals surface area contributed by atoms with E-state index in [1.54, 1.807) is 0 Å².